The minimum Gasteiger partial charge on any atom is -0.508 e. The Hall–Kier alpha value is -2.03. The molecule has 1 N–H and O–H groups in total. The lowest BCUT2D eigenvalue weighted by Crippen LogP contribution is -2.09. The number of phenols is 1. The molecule has 0 amide bonds. The van der Waals surface area contributed by atoms with Crippen molar-refractivity contribution >= 4 is 0 Å². The van der Waals surface area contributed by atoms with Crippen LogP contribution in [0.4, 0.5) is 4.39 Å². The van der Waals surface area contributed by atoms with E-state index in [2.05, 4.69) is 0 Å². The van der Waals surface area contributed by atoms with E-state index in [4.69, 9.17) is 4.74 Å². The fourth-order valence-electron chi connectivity index (χ4n) is 2.32. The molecule has 2 aromatic rings. The minimum atomic E-state index is -0.433. The topological polar surface area (TPSA) is 29.5 Å². The van der Waals surface area contributed by atoms with Gasteiger partial charge in [-0.15, -0.1) is 0 Å². The second-order valence-corrected chi connectivity index (χ2v) is 4.41. The highest BCUT2D eigenvalue weighted by Crippen LogP contribution is 2.37. The van der Waals surface area contributed by atoms with Gasteiger partial charge in [-0.05, 0) is 30.5 Å². The van der Waals surface area contributed by atoms with Crippen LogP contribution in [0.1, 0.15) is 12.0 Å². The van der Waals surface area contributed by atoms with E-state index < -0.39 is 5.82 Å². The van der Waals surface area contributed by atoms with E-state index >= 15 is 0 Å². The average molecular weight is 244 g/mol. The fourth-order valence-corrected chi connectivity index (χ4v) is 2.32. The Morgan fingerprint density at radius 2 is 2.00 bits per heavy atom. The molecule has 0 saturated heterocycles. The smallest absolute Gasteiger partial charge is 0.134 e. The van der Waals surface area contributed by atoms with Crippen molar-refractivity contribution in [1.29, 1.82) is 0 Å². The summed E-state index contributed by atoms with van der Waals surface area (Å²) in [6.07, 6.45) is 1.96. The van der Waals surface area contributed by atoms with Crippen LogP contribution in [0, 0.1) is 5.82 Å². The molecule has 0 spiro atoms. The van der Waals surface area contributed by atoms with Gasteiger partial charge in [0, 0.05) is 17.2 Å². The van der Waals surface area contributed by atoms with Crippen molar-refractivity contribution in [3.63, 3.8) is 0 Å². The molecule has 0 aliphatic carbocycles. The summed E-state index contributed by atoms with van der Waals surface area (Å²) in [5.41, 5.74) is 2.34. The van der Waals surface area contributed by atoms with Crippen LogP contribution in [0.5, 0.6) is 11.5 Å². The molecule has 1 heterocycles. The zero-order valence-corrected chi connectivity index (χ0v) is 9.82. The van der Waals surface area contributed by atoms with Gasteiger partial charge < -0.3 is 9.84 Å². The van der Waals surface area contributed by atoms with Gasteiger partial charge in [-0.25, -0.2) is 4.39 Å². The summed E-state index contributed by atoms with van der Waals surface area (Å²) in [7, 11) is 0. The summed E-state index contributed by atoms with van der Waals surface area (Å²) in [6, 6.07) is 9.96. The normalized spacial score (nSPS) is 13.8. The molecule has 2 nitrogen and oxygen atoms in total. The van der Waals surface area contributed by atoms with E-state index in [1.54, 1.807) is 6.07 Å². The molecule has 3 heteroatoms. The summed E-state index contributed by atoms with van der Waals surface area (Å²) in [6.45, 7) is 0.670. The predicted octanol–water partition coefficient (Wildman–Crippen LogP) is 3.52. The van der Waals surface area contributed by atoms with Crippen LogP contribution in [0.15, 0.2) is 36.4 Å². The number of ether oxygens (including phenoxy) is 1. The van der Waals surface area contributed by atoms with Crippen LogP contribution in [0.2, 0.25) is 0 Å². The Balaban J connectivity index is 2.17. The molecular formula is C15H13FO2. The number of rotatable bonds is 1. The molecule has 0 radical (unpaired) electrons. The molecular weight excluding hydrogens is 231 g/mol. The quantitative estimate of drug-likeness (QED) is 0.831. The highest BCUT2D eigenvalue weighted by molar-refractivity contribution is 5.73. The van der Waals surface area contributed by atoms with Gasteiger partial charge in [0.15, 0.2) is 0 Å². The van der Waals surface area contributed by atoms with Crippen LogP contribution in [-0.4, -0.2) is 11.7 Å². The number of aromatic hydroxyl groups is 1. The van der Waals surface area contributed by atoms with Crippen molar-refractivity contribution in [3.05, 3.63) is 47.8 Å². The summed E-state index contributed by atoms with van der Waals surface area (Å²) in [5, 5.41) is 9.25. The Bertz CT molecular complexity index is 593. The Kier molecular flexibility index (Phi) is 2.67. The molecule has 1 aliphatic rings. The van der Waals surface area contributed by atoms with Crippen LogP contribution in [0.3, 0.4) is 0 Å². The summed E-state index contributed by atoms with van der Waals surface area (Å²) in [4.78, 5) is 0. The number of halogens is 1. The lowest BCUT2D eigenvalue weighted by molar-refractivity contribution is 0.289. The van der Waals surface area contributed by atoms with Crippen molar-refractivity contribution < 1.29 is 14.2 Å². The Labute approximate surface area is 105 Å². The lowest BCUT2D eigenvalue weighted by atomic mass is 9.97. The average Bonchev–Trinajstić information content (AvgIpc) is 2.38. The summed E-state index contributed by atoms with van der Waals surface area (Å²) < 4.78 is 19.6. The van der Waals surface area contributed by atoms with Gasteiger partial charge in [0.05, 0.1) is 6.61 Å². The number of benzene rings is 2. The SMILES string of the molecule is Oc1ccc(-c2cccc3c2OCCC3)c(F)c1. The van der Waals surface area contributed by atoms with Crippen LogP contribution < -0.4 is 4.74 Å². The van der Waals surface area contributed by atoms with Crippen molar-refractivity contribution in [2.45, 2.75) is 12.8 Å². The molecule has 92 valence electrons. The number of phenolic OH excluding ortho intramolecular Hbond substituents is 1. The van der Waals surface area contributed by atoms with Gasteiger partial charge in [0.1, 0.15) is 17.3 Å². The number of aryl methyl sites for hydroxylation is 1. The van der Waals surface area contributed by atoms with Crippen LogP contribution in [-0.2, 0) is 6.42 Å². The van der Waals surface area contributed by atoms with Crippen molar-refractivity contribution in [3.8, 4) is 22.6 Å². The molecule has 18 heavy (non-hydrogen) atoms. The highest BCUT2D eigenvalue weighted by atomic mass is 19.1. The van der Waals surface area contributed by atoms with Crippen molar-refractivity contribution in [1.82, 2.24) is 0 Å². The van der Waals surface area contributed by atoms with E-state index in [9.17, 15) is 9.50 Å². The predicted molar refractivity (Wildman–Crippen MR) is 67.3 cm³/mol. The third-order valence-electron chi connectivity index (χ3n) is 3.18. The highest BCUT2D eigenvalue weighted by Gasteiger charge is 2.17. The molecule has 0 fully saturated rings. The van der Waals surface area contributed by atoms with Crippen LogP contribution >= 0.6 is 0 Å². The van der Waals surface area contributed by atoms with Gasteiger partial charge >= 0.3 is 0 Å². The van der Waals surface area contributed by atoms with Crippen molar-refractivity contribution in [2.75, 3.05) is 6.61 Å². The summed E-state index contributed by atoms with van der Waals surface area (Å²) in [5.74, 6) is 0.271. The Morgan fingerprint density at radius 1 is 1.11 bits per heavy atom. The molecule has 3 rings (SSSR count). The zero-order valence-electron chi connectivity index (χ0n) is 9.82. The maximum Gasteiger partial charge on any atom is 0.134 e. The van der Waals surface area contributed by atoms with Crippen molar-refractivity contribution in [2.24, 2.45) is 0 Å². The number of hydrogen-bond acceptors (Lipinski definition) is 2. The molecule has 0 atom stereocenters. The third-order valence-corrected chi connectivity index (χ3v) is 3.18. The maximum atomic E-state index is 13.9. The standard InChI is InChI=1S/C15H13FO2/c16-14-9-11(17)6-7-12(14)13-5-1-3-10-4-2-8-18-15(10)13/h1,3,5-7,9,17H,2,4,8H2. The van der Waals surface area contributed by atoms with Gasteiger partial charge in [0.25, 0.3) is 0 Å². The summed E-state index contributed by atoms with van der Waals surface area (Å²) >= 11 is 0. The first-order valence-electron chi connectivity index (χ1n) is 5.99. The fraction of sp³-hybridized carbons (Fsp3) is 0.200. The third kappa shape index (κ3) is 1.82. The molecule has 0 unspecified atom stereocenters. The van der Waals surface area contributed by atoms with E-state index in [0.29, 0.717) is 12.2 Å². The first-order chi connectivity index (χ1) is 8.75. The van der Waals surface area contributed by atoms with Gasteiger partial charge in [-0.2, -0.15) is 0 Å². The monoisotopic (exact) mass is 244 g/mol. The van der Waals surface area contributed by atoms with Gasteiger partial charge in [-0.1, -0.05) is 18.2 Å². The van der Waals surface area contributed by atoms with E-state index in [-0.39, 0.29) is 5.75 Å². The van der Waals surface area contributed by atoms with Gasteiger partial charge in [-0.3, -0.25) is 0 Å². The molecule has 0 bridgehead atoms. The zero-order chi connectivity index (χ0) is 12.5. The van der Waals surface area contributed by atoms with E-state index in [1.807, 2.05) is 18.2 Å². The Morgan fingerprint density at radius 3 is 2.83 bits per heavy atom. The van der Waals surface area contributed by atoms with Gasteiger partial charge in [0.2, 0.25) is 0 Å². The van der Waals surface area contributed by atoms with E-state index in [1.165, 1.54) is 6.07 Å². The maximum absolute atomic E-state index is 13.9. The molecule has 0 saturated carbocycles. The second-order valence-electron chi connectivity index (χ2n) is 4.41. The molecule has 2 aromatic carbocycles. The second kappa shape index (κ2) is 4.33. The number of hydrogen-bond donors (Lipinski definition) is 1. The molecule has 0 aromatic heterocycles. The first-order valence-corrected chi connectivity index (χ1v) is 5.99. The van der Waals surface area contributed by atoms with Crippen LogP contribution in [0.25, 0.3) is 11.1 Å². The largest absolute Gasteiger partial charge is 0.508 e. The first kappa shape index (κ1) is 11.1. The molecule has 1 aliphatic heterocycles. The van der Waals surface area contributed by atoms with E-state index in [0.717, 1.165) is 35.8 Å². The minimum absolute atomic E-state index is 0.0676. The number of fused-ring (bicyclic) bond motifs is 1. The lowest BCUT2D eigenvalue weighted by Gasteiger charge is -2.20. The number of para-hydroxylation sites is 1.